The van der Waals surface area contributed by atoms with Gasteiger partial charge in [-0.1, -0.05) is 12.1 Å². The molecule has 0 aliphatic carbocycles. The van der Waals surface area contributed by atoms with Gasteiger partial charge in [0.25, 0.3) is 5.91 Å². The maximum Gasteiger partial charge on any atom is 0.328 e. The van der Waals surface area contributed by atoms with Crippen LogP contribution < -0.4 is 10.1 Å². The van der Waals surface area contributed by atoms with E-state index < -0.39 is 17.9 Å². The van der Waals surface area contributed by atoms with Gasteiger partial charge in [0.15, 0.2) is 0 Å². The number of carbonyl (C=O) groups is 2. The summed E-state index contributed by atoms with van der Waals surface area (Å²) >= 11 is 0. The van der Waals surface area contributed by atoms with E-state index in [0.717, 1.165) is 5.56 Å². The van der Waals surface area contributed by atoms with E-state index in [-0.39, 0.29) is 12.2 Å². The molecule has 24 heavy (non-hydrogen) atoms. The zero-order chi connectivity index (χ0) is 17.5. The number of nitrogens with one attached hydrogen (secondary N) is 1. The van der Waals surface area contributed by atoms with E-state index in [2.05, 4.69) is 5.32 Å². The van der Waals surface area contributed by atoms with Crippen LogP contribution in [0, 0.1) is 0 Å². The molecule has 0 unspecified atom stereocenters. The highest BCUT2D eigenvalue weighted by Gasteiger charge is 2.22. The van der Waals surface area contributed by atoms with Crippen molar-refractivity contribution in [2.24, 2.45) is 0 Å². The first kappa shape index (κ1) is 17.3. The van der Waals surface area contributed by atoms with E-state index in [1.54, 1.807) is 19.2 Å². The highest BCUT2D eigenvalue weighted by Crippen LogP contribution is 2.15. The van der Waals surface area contributed by atoms with Gasteiger partial charge < -0.3 is 19.9 Å². The molecule has 0 aliphatic rings. The molecule has 2 rings (SSSR count). The number of phenolic OH excluding ortho intramolecular Hbond substituents is 1. The molecule has 6 nitrogen and oxygen atoms in total. The molecule has 1 atom stereocenters. The van der Waals surface area contributed by atoms with Crippen molar-refractivity contribution in [3.8, 4) is 11.5 Å². The Kier molecular flexibility index (Phi) is 5.78. The number of amides is 1. The molecule has 0 aliphatic heterocycles. The average Bonchev–Trinajstić information content (AvgIpc) is 2.61. The van der Waals surface area contributed by atoms with Gasteiger partial charge in [-0.15, -0.1) is 0 Å². The third kappa shape index (κ3) is 4.49. The Morgan fingerprint density at radius 3 is 2.46 bits per heavy atom. The molecule has 126 valence electrons. The minimum Gasteiger partial charge on any atom is -0.508 e. The predicted octanol–water partition coefficient (Wildman–Crippen LogP) is 1.91. The number of benzene rings is 2. The lowest BCUT2D eigenvalue weighted by Gasteiger charge is -2.17. The number of methoxy groups -OCH3 is 2. The van der Waals surface area contributed by atoms with Crippen LogP contribution in [0.1, 0.15) is 15.9 Å². The summed E-state index contributed by atoms with van der Waals surface area (Å²) in [5, 5.41) is 11.9. The van der Waals surface area contributed by atoms with Crippen molar-refractivity contribution >= 4 is 11.9 Å². The number of esters is 1. The first-order valence-corrected chi connectivity index (χ1v) is 7.34. The Morgan fingerprint density at radius 1 is 1.12 bits per heavy atom. The first-order chi connectivity index (χ1) is 11.5. The van der Waals surface area contributed by atoms with E-state index in [4.69, 9.17) is 9.47 Å². The second-order valence-corrected chi connectivity index (χ2v) is 5.15. The predicted molar refractivity (Wildman–Crippen MR) is 88.1 cm³/mol. The Balaban J connectivity index is 2.14. The number of hydrogen-bond acceptors (Lipinski definition) is 5. The third-order valence-corrected chi connectivity index (χ3v) is 3.49. The van der Waals surface area contributed by atoms with E-state index in [0.29, 0.717) is 11.3 Å². The number of ether oxygens (including phenoxy) is 2. The monoisotopic (exact) mass is 329 g/mol. The molecule has 0 aromatic heterocycles. The van der Waals surface area contributed by atoms with Gasteiger partial charge in [0, 0.05) is 12.0 Å². The molecule has 1 amide bonds. The molecule has 2 aromatic rings. The van der Waals surface area contributed by atoms with Crippen LogP contribution in [-0.4, -0.2) is 37.2 Å². The van der Waals surface area contributed by atoms with Gasteiger partial charge in [-0.25, -0.2) is 4.79 Å². The molecule has 0 fully saturated rings. The number of carbonyl (C=O) groups excluding carboxylic acids is 2. The molecule has 0 bridgehead atoms. The van der Waals surface area contributed by atoms with Crippen LogP contribution in [0.5, 0.6) is 11.5 Å². The molecule has 2 aromatic carbocycles. The summed E-state index contributed by atoms with van der Waals surface area (Å²) in [6.45, 7) is 0. The largest absolute Gasteiger partial charge is 0.508 e. The molecule has 6 heteroatoms. The summed E-state index contributed by atoms with van der Waals surface area (Å²) in [6.07, 6.45) is 0.272. The third-order valence-electron chi connectivity index (χ3n) is 3.49. The first-order valence-electron chi connectivity index (χ1n) is 7.34. The van der Waals surface area contributed by atoms with Crippen molar-refractivity contribution in [3.05, 3.63) is 59.7 Å². The fraction of sp³-hybridized carbons (Fsp3) is 0.222. The second kappa shape index (κ2) is 8.01. The summed E-state index contributed by atoms with van der Waals surface area (Å²) in [7, 11) is 2.83. The van der Waals surface area contributed by atoms with Crippen LogP contribution >= 0.6 is 0 Å². The highest BCUT2D eigenvalue weighted by molar-refractivity contribution is 5.96. The van der Waals surface area contributed by atoms with Crippen LogP contribution in [0.2, 0.25) is 0 Å². The molecule has 2 N–H and O–H groups in total. The molecule has 0 spiro atoms. The van der Waals surface area contributed by atoms with Crippen LogP contribution in [0.15, 0.2) is 48.5 Å². The van der Waals surface area contributed by atoms with Gasteiger partial charge in [0.05, 0.1) is 14.2 Å². The summed E-state index contributed by atoms with van der Waals surface area (Å²) in [6, 6.07) is 12.2. The Morgan fingerprint density at radius 2 is 1.83 bits per heavy atom. The Bertz CT molecular complexity index is 712. The normalized spacial score (nSPS) is 11.4. The minimum atomic E-state index is -0.830. The van der Waals surface area contributed by atoms with Crippen molar-refractivity contribution in [2.45, 2.75) is 12.5 Å². The topological polar surface area (TPSA) is 84.9 Å². The van der Waals surface area contributed by atoms with Gasteiger partial charge in [-0.05, 0) is 42.0 Å². The quantitative estimate of drug-likeness (QED) is 0.791. The lowest BCUT2D eigenvalue weighted by molar-refractivity contribution is -0.142. The zero-order valence-electron chi connectivity index (χ0n) is 13.5. The molecule has 0 heterocycles. The Hall–Kier alpha value is -3.02. The summed E-state index contributed by atoms with van der Waals surface area (Å²) in [4.78, 5) is 24.3. The van der Waals surface area contributed by atoms with Crippen molar-refractivity contribution in [2.75, 3.05) is 14.2 Å². The Labute approximate surface area is 140 Å². The van der Waals surface area contributed by atoms with Gasteiger partial charge in [-0.3, -0.25) is 4.79 Å². The summed E-state index contributed by atoms with van der Waals surface area (Å²) in [5.41, 5.74) is 1.17. The van der Waals surface area contributed by atoms with Crippen LogP contribution in [-0.2, 0) is 16.0 Å². The zero-order valence-corrected chi connectivity index (χ0v) is 13.5. The van der Waals surface area contributed by atoms with Crippen LogP contribution in [0.3, 0.4) is 0 Å². The average molecular weight is 329 g/mol. The minimum absolute atomic E-state index is 0.0625. The molecular weight excluding hydrogens is 310 g/mol. The second-order valence-electron chi connectivity index (χ2n) is 5.15. The van der Waals surface area contributed by atoms with Crippen molar-refractivity contribution in [1.29, 1.82) is 0 Å². The highest BCUT2D eigenvalue weighted by atomic mass is 16.5. The fourth-order valence-corrected chi connectivity index (χ4v) is 2.23. The van der Waals surface area contributed by atoms with Gasteiger partial charge in [0.1, 0.15) is 17.5 Å². The molecule has 0 radical (unpaired) electrons. The number of phenols is 1. The maximum atomic E-state index is 12.3. The fourth-order valence-electron chi connectivity index (χ4n) is 2.23. The lowest BCUT2D eigenvalue weighted by atomic mass is 10.0. The standard InChI is InChI=1S/C18H19NO5/c1-23-15-5-3-4-12(10-15)11-16(18(22)24-2)19-17(21)13-6-8-14(20)9-7-13/h3-10,16,20H,11H2,1-2H3,(H,19,21)/t16-/m1/s1. The molecule has 0 saturated carbocycles. The van der Waals surface area contributed by atoms with Crippen LogP contribution in [0.4, 0.5) is 0 Å². The van der Waals surface area contributed by atoms with E-state index in [1.165, 1.54) is 31.4 Å². The molecular formula is C18H19NO5. The van der Waals surface area contributed by atoms with E-state index in [1.807, 2.05) is 12.1 Å². The summed E-state index contributed by atoms with van der Waals surface area (Å²) in [5.74, 6) is -0.230. The lowest BCUT2D eigenvalue weighted by Crippen LogP contribution is -2.43. The SMILES string of the molecule is COC(=O)[C@@H](Cc1cccc(OC)c1)NC(=O)c1ccc(O)cc1. The van der Waals surface area contributed by atoms with Gasteiger partial charge >= 0.3 is 5.97 Å². The van der Waals surface area contributed by atoms with Gasteiger partial charge in [-0.2, -0.15) is 0 Å². The number of aromatic hydroxyl groups is 1. The molecule has 0 saturated heterocycles. The summed E-state index contributed by atoms with van der Waals surface area (Å²) < 4.78 is 9.93. The van der Waals surface area contributed by atoms with E-state index >= 15 is 0 Å². The smallest absolute Gasteiger partial charge is 0.328 e. The number of rotatable bonds is 6. The van der Waals surface area contributed by atoms with E-state index in [9.17, 15) is 14.7 Å². The number of hydrogen-bond donors (Lipinski definition) is 2. The van der Waals surface area contributed by atoms with Crippen LogP contribution in [0.25, 0.3) is 0 Å². The maximum absolute atomic E-state index is 12.3. The van der Waals surface area contributed by atoms with Crippen molar-refractivity contribution in [1.82, 2.24) is 5.32 Å². The van der Waals surface area contributed by atoms with Crippen molar-refractivity contribution in [3.63, 3.8) is 0 Å². The van der Waals surface area contributed by atoms with Gasteiger partial charge in [0.2, 0.25) is 0 Å². The van der Waals surface area contributed by atoms with Crippen molar-refractivity contribution < 1.29 is 24.2 Å².